The molecule has 2 aromatic rings. The van der Waals surface area contributed by atoms with E-state index < -0.39 is 23.9 Å². The smallest absolute Gasteiger partial charge is 0.355 e. The van der Waals surface area contributed by atoms with Crippen LogP contribution < -0.4 is 5.32 Å². The monoisotopic (exact) mass is 393 g/mol. The van der Waals surface area contributed by atoms with E-state index in [1.807, 2.05) is 0 Å². The van der Waals surface area contributed by atoms with E-state index in [1.165, 1.54) is 13.1 Å². The van der Waals surface area contributed by atoms with Gasteiger partial charge in [0.25, 0.3) is 5.91 Å². The molecule has 0 aliphatic heterocycles. The first-order valence-corrected chi connectivity index (χ1v) is 8.62. The van der Waals surface area contributed by atoms with Gasteiger partial charge in [-0.15, -0.1) is 0 Å². The van der Waals surface area contributed by atoms with Gasteiger partial charge in [-0.25, -0.2) is 14.6 Å². The van der Waals surface area contributed by atoms with Crippen LogP contribution in [0.3, 0.4) is 0 Å². The van der Waals surface area contributed by atoms with Crippen molar-refractivity contribution < 1.29 is 23.9 Å². The van der Waals surface area contributed by atoms with Crippen LogP contribution in [-0.2, 0) is 14.3 Å². The van der Waals surface area contributed by atoms with Crippen LogP contribution in [0.1, 0.15) is 46.0 Å². The molecule has 0 saturated heterocycles. The predicted molar refractivity (Wildman–Crippen MR) is 99.0 cm³/mol. The highest BCUT2D eigenvalue weighted by atomic mass is 35.5. The van der Waals surface area contributed by atoms with Crippen LogP contribution in [0.4, 0.5) is 5.69 Å². The molecule has 0 aliphatic rings. The summed E-state index contributed by atoms with van der Waals surface area (Å²) in [5.41, 5.74) is 1.53. The Hall–Kier alpha value is -2.87. The Kier molecular flexibility index (Phi) is 6.57. The summed E-state index contributed by atoms with van der Waals surface area (Å²) in [5.74, 6) is -1.85. The van der Waals surface area contributed by atoms with E-state index in [4.69, 9.17) is 21.1 Å². The fraction of sp³-hybridized carbons (Fsp3) is 0.333. The molecule has 0 radical (unpaired) electrons. The summed E-state index contributed by atoms with van der Waals surface area (Å²) in [4.78, 5) is 43.4. The molecule has 0 aliphatic carbocycles. The summed E-state index contributed by atoms with van der Waals surface area (Å²) in [6.45, 7) is 6.57. The summed E-state index contributed by atoms with van der Waals surface area (Å²) in [6, 6.07) is 3.19. The number of hydrogen-bond donors (Lipinski definition) is 2. The average molecular weight is 394 g/mol. The standard InChI is InChI=1S/C18H20ClN3O5/c1-5-26-18(25)14-9(2)13(10(3)21-14)17(24)27-11(4)16(23)22-12-7-6-8-20-15(12)19/h6-8,11,21H,5H2,1-4H3,(H,22,23)/t11-/m0/s1. The number of nitrogens with one attached hydrogen (secondary N) is 2. The van der Waals surface area contributed by atoms with Crippen molar-refractivity contribution in [3.05, 3.63) is 46.0 Å². The third-order valence-electron chi connectivity index (χ3n) is 3.79. The van der Waals surface area contributed by atoms with E-state index in [2.05, 4.69) is 15.3 Å². The van der Waals surface area contributed by atoms with Crippen molar-refractivity contribution in [2.45, 2.75) is 33.8 Å². The number of anilines is 1. The van der Waals surface area contributed by atoms with Gasteiger partial charge in [0.05, 0.1) is 17.9 Å². The minimum absolute atomic E-state index is 0.126. The molecule has 0 fully saturated rings. The van der Waals surface area contributed by atoms with Gasteiger partial charge in [0, 0.05) is 11.9 Å². The first-order chi connectivity index (χ1) is 12.8. The van der Waals surface area contributed by atoms with Crippen molar-refractivity contribution >= 4 is 35.1 Å². The highest BCUT2D eigenvalue weighted by Gasteiger charge is 2.26. The Labute approximate surface area is 161 Å². The van der Waals surface area contributed by atoms with Gasteiger partial charge in [-0.05, 0) is 45.4 Å². The lowest BCUT2D eigenvalue weighted by Gasteiger charge is -2.14. The topological polar surface area (TPSA) is 110 Å². The lowest BCUT2D eigenvalue weighted by Crippen LogP contribution is -2.30. The van der Waals surface area contributed by atoms with Crippen LogP contribution in [0.5, 0.6) is 0 Å². The van der Waals surface area contributed by atoms with Crippen LogP contribution in [0, 0.1) is 13.8 Å². The lowest BCUT2D eigenvalue weighted by atomic mass is 10.1. The van der Waals surface area contributed by atoms with Crippen molar-refractivity contribution in [2.24, 2.45) is 0 Å². The highest BCUT2D eigenvalue weighted by molar-refractivity contribution is 6.32. The molecule has 1 amide bonds. The molecule has 144 valence electrons. The molecule has 9 heteroatoms. The van der Waals surface area contributed by atoms with E-state index in [-0.39, 0.29) is 23.0 Å². The van der Waals surface area contributed by atoms with Crippen molar-refractivity contribution in [1.82, 2.24) is 9.97 Å². The fourth-order valence-corrected chi connectivity index (χ4v) is 2.62. The molecule has 27 heavy (non-hydrogen) atoms. The Bertz CT molecular complexity index is 878. The second-order valence-corrected chi connectivity index (χ2v) is 6.08. The van der Waals surface area contributed by atoms with E-state index in [9.17, 15) is 14.4 Å². The number of rotatable bonds is 6. The number of halogens is 1. The number of aromatic nitrogens is 2. The summed E-state index contributed by atoms with van der Waals surface area (Å²) < 4.78 is 10.2. The number of ether oxygens (including phenoxy) is 2. The van der Waals surface area contributed by atoms with Gasteiger partial charge < -0.3 is 19.8 Å². The Morgan fingerprint density at radius 1 is 1.30 bits per heavy atom. The normalized spacial score (nSPS) is 11.6. The molecule has 2 rings (SSSR count). The summed E-state index contributed by atoms with van der Waals surface area (Å²) in [6.07, 6.45) is 0.397. The summed E-state index contributed by atoms with van der Waals surface area (Å²) in [5, 5.41) is 2.67. The molecule has 0 saturated carbocycles. The number of H-pyrrole nitrogens is 1. The Balaban J connectivity index is 2.11. The Morgan fingerprint density at radius 3 is 2.63 bits per heavy atom. The molecule has 0 bridgehead atoms. The SMILES string of the molecule is CCOC(=O)c1[nH]c(C)c(C(=O)O[C@@H](C)C(=O)Nc2cccnc2Cl)c1C. The number of carbonyl (C=O) groups is 3. The van der Waals surface area contributed by atoms with Gasteiger partial charge in [-0.3, -0.25) is 4.79 Å². The molecule has 0 spiro atoms. The molecular weight excluding hydrogens is 374 g/mol. The van der Waals surface area contributed by atoms with Gasteiger partial charge in [0.2, 0.25) is 0 Å². The first-order valence-electron chi connectivity index (χ1n) is 8.24. The van der Waals surface area contributed by atoms with E-state index in [0.717, 1.165) is 0 Å². The number of hydrogen-bond acceptors (Lipinski definition) is 6. The Morgan fingerprint density at radius 2 is 2.00 bits per heavy atom. The number of nitrogens with zero attached hydrogens (tertiary/aromatic N) is 1. The van der Waals surface area contributed by atoms with Crippen molar-refractivity contribution in [3.8, 4) is 0 Å². The van der Waals surface area contributed by atoms with Gasteiger partial charge in [-0.2, -0.15) is 0 Å². The molecule has 2 heterocycles. The van der Waals surface area contributed by atoms with Crippen LogP contribution in [-0.4, -0.2) is 40.5 Å². The molecule has 8 nitrogen and oxygen atoms in total. The molecular formula is C18H20ClN3O5. The van der Waals surface area contributed by atoms with Crippen LogP contribution in [0.25, 0.3) is 0 Å². The van der Waals surface area contributed by atoms with Crippen molar-refractivity contribution in [3.63, 3.8) is 0 Å². The number of amides is 1. The quantitative estimate of drug-likeness (QED) is 0.576. The number of carbonyl (C=O) groups excluding carboxylic acids is 3. The van der Waals surface area contributed by atoms with Crippen LogP contribution >= 0.6 is 11.6 Å². The van der Waals surface area contributed by atoms with E-state index in [0.29, 0.717) is 16.9 Å². The van der Waals surface area contributed by atoms with E-state index in [1.54, 1.807) is 32.9 Å². The second-order valence-electron chi connectivity index (χ2n) is 5.72. The summed E-state index contributed by atoms with van der Waals surface area (Å²) >= 11 is 5.89. The molecule has 0 unspecified atom stereocenters. The average Bonchev–Trinajstić information content (AvgIpc) is 2.91. The fourth-order valence-electron chi connectivity index (χ4n) is 2.45. The third kappa shape index (κ3) is 4.65. The number of esters is 2. The van der Waals surface area contributed by atoms with Crippen molar-refractivity contribution in [1.29, 1.82) is 0 Å². The molecule has 2 aromatic heterocycles. The highest BCUT2D eigenvalue weighted by Crippen LogP contribution is 2.21. The zero-order valence-corrected chi connectivity index (χ0v) is 16.1. The number of aromatic amines is 1. The van der Waals surface area contributed by atoms with E-state index >= 15 is 0 Å². The largest absolute Gasteiger partial charge is 0.461 e. The number of pyridine rings is 1. The predicted octanol–water partition coefficient (Wildman–Crippen LogP) is 3.04. The maximum absolute atomic E-state index is 12.5. The first kappa shape index (κ1) is 20.4. The van der Waals surface area contributed by atoms with Gasteiger partial charge in [0.1, 0.15) is 5.69 Å². The second kappa shape index (κ2) is 8.68. The summed E-state index contributed by atoms with van der Waals surface area (Å²) in [7, 11) is 0. The maximum atomic E-state index is 12.5. The molecule has 2 N–H and O–H groups in total. The molecule has 1 atom stereocenters. The zero-order chi connectivity index (χ0) is 20.1. The minimum Gasteiger partial charge on any atom is -0.461 e. The van der Waals surface area contributed by atoms with Crippen molar-refractivity contribution in [2.75, 3.05) is 11.9 Å². The van der Waals surface area contributed by atoms with Gasteiger partial charge in [0.15, 0.2) is 11.3 Å². The maximum Gasteiger partial charge on any atom is 0.355 e. The van der Waals surface area contributed by atoms with Crippen LogP contribution in [0.15, 0.2) is 18.3 Å². The van der Waals surface area contributed by atoms with Gasteiger partial charge >= 0.3 is 11.9 Å². The molecule has 0 aromatic carbocycles. The zero-order valence-electron chi connectivity index (χ0n) is 15.4. The lowest BCUT2D eigenvalue weighted by molar-refractivity contribution is -0.123. The van der Waals surface area contributed by atoms with Crippen LogP contribution in [0.2, 0.25) is 5.15 Å². The minimum atomic E-state index is -1.09. The number of aryl methyl sites for hydroxylation is 1. The van der Waals surface area contributed by atoms with Gasteiger partial charge in [-0.1, -0.05) is 11.6 Å². The third-order valence-corrected chi connectivity index (χ3v) is 4.09.